The Bertz CT molecular complexity index is 1780. The summed E-state index contributed by atoms with van der Waals surface area (Å²) in [6.45, 7) is 2.07. The van der Waals surface area contributed by atoms with Crippen molar-refractivity contribution < 1.29 is 4.79 Å². The molecule has 7 heteroatoms. The average molecular weight is 624 g/mol. The van der Waals surface area contributed by atoms with Crippen LogP contribution in [0, 0.1) is 6.92 Å². The third-order valence-corrected chi connectivity index (χ3v) is 11.5. The Labute approximate surface area is 263 Å². The number of carbonyl (C=O) groups excluding carboxylic acids is 1. The van der Waals surface area contributed by atoms with Gasteiger partial charge in [0.1, 0.15) is 0 Å². The lowest BCUT2D eigenvalue weighted by Crippen LogP contribution is -2.34. The van der Waals surface area contributed by atoms with Crippen LogP contribution in [-0.4, -0.2) is 10.8 Å². The van der Waals surface area contributed by atoms with E-state index < -0.39 is 8.95 Å². The van der Waals surface area contributed by atoms with Crippen LogP contribution in [0.5, 0.6) is 0 Å². The number of carbonyl (C=O) groups is 1. The summed E-state index contributed by atoms with van der Waals surface area (Å²) in [6, 6.07) is 42.2. The number of nitrogens with zero attached hydrogens (tertiary/aromatic N) is 2. The quantitative estimate of drug-likeness (QED) is 0.183. The minimum Gasteiger partial charge on any atom is -0.286 e. The van der Waals surface area contributed by atoms with Crippen LogP contribution in [0.4, 0.5) is 5.69 Å². The minimum atomic E-state index is -0.773. The molecule has 2 aliphatic heterocycles. The van der Waals surface area contributed by atoms with Gasteiger partial charge in [-0.1, -0.05) is 143 Å². The molecule has 0 fully saturated rings. The first kappa shape index (κ1) is 27.4. The third kappa shape index (κ3) is 4.38. The van der Waals surface area contributed by atoms with Crippen LogP contribution in [-0.2, 0) is 8.95 Å². The number of aryl methyl sites for hydroxylation is 1. The first-order chi connectivity index (χ1) is 20.4. The zero-order valence-corrected chi connectivity index (χ0v) is 25.6. The molecular formula is C35H24Cl2N2OS2. The Hall–Kier alpha value is -3.48. The van der Waals surface area contributed by atoms with Gasteiger partial charge < -0.3 is 0 Å². The highest BCUT2D eigenvalue weighted by Gasteiger charge is 2.61. The number of benzene rings is 5. The van der Waals surface area contributed by atoms with Crippen molar-refractivity contribution in [1.82, 2.24) is 0 Å². The number of hydrazone groups is 1. The maximum absolute atomic E-state index is 13.9. The van der Waals surface area contributed by atoms with Crippen molar-refractivity contribution in [2.75, 3.05) is 5.01 Å². The van der Waals surface area contributed by atoms with Gasteiger partial charge in [0.2, 0.25) is 5.78 Å². The lowest BCUT2D eigenvalue weighted by atomic mass is 9.82. The van der Waals surface area contributed by atoms with E-state index in [-0.39, 0.29) is 5.78 Å². The largest absolute Gasteiger partial charge is 0.286 e. The van der Waals surface area contributed by atoms with Crippen molar-refractivity contribution in [2.24, 2.45) is 5.10 Å². The third-order valence-electron chi connectivity index (χ3n) is 7.65. The molecule has 1 atom stereocenters. The van der Waals surface area contributed by atoms with Crippen LogP contribution < -0.4 is 5.01 Å². The molecule has 0 aromatic heterocycles. The van der Waals surface area contributed by atoms with Gasteiger partial charge in [0.25, 0.3) is 0 Å². The van der Waals surface area contributed by atoms with Gasteiger partial charge in [-0.3, -0.25) is 4.79 Å². The fraction of sp³-hybridized carbons (Fsp3) is 0.0857. The highest BCUT2D eigenvalue weighted by atomic mass is 35.5. The van der Waals surface area contributed by atoms with E-state index in [0.29, 0.717) is 20.7 Å². The number of ketones is 1. The summed E-state index contributed by atoms with van der Waals surface area (Å²) in [5.41, 5.74) is 7.06. The Morgan fingerprint density at radius 1 is 0.690 bits per heavy atom. The van der Waals surface area contributed by atoms with Crippen molar-refractivity contribution in [3.63, 3.8) is 0 Å². The van der Waals surface area contributed by atoms with E-state index in [1.54, 1.807) is 11.8 Å². The number of anilines is 1. The number of fused-ring (bicyclic) bond motifs is 2. The van der Waals surface area contributed by atoms with E-state index in [2.05, 4.69) is 79.7 Å². The van der Waals surface area contributed by atoms with E-state index in [4.69, 9.17) is 28.3 Å². The Morgan fingerprint density at radius 2 is 1.24 bits per heavy atom. The van der Waals surface area contributed by atoms with E-state index in [1.165, 1.54) is 11.8 Å². The SMILES string of the molecule is Cc1ccc(N2N=C(C(=O)c3ccccc3)S[C@@]23SC(c2ccc(Cl)cc2)(c2ccc(Cl)cc2)c2ccccc23)cc1. The molecule has 3 nitrogen and oxygen atoms in total. The Morgan fingerprint density at radius 3 is 1.83 bits per heavy atom. The standard InChI is InChI=1S/C35H24Cl2N2OS2/c1-23-11-21-29(22-12-23)39-35(41-33(38-39)32(40)24-7-3-2-4-8-24)31-10-6-5-9-30(31)34(42-35,25-13-17-27(36)18-14-25)26-15-19-28(37)20-16-26/h2-22H,1H3/t35-/m0/s1. The summed E-state index contributed by atoms with van der Waals surface area (Å²) in [5.74, 6) is -0.0943. The zero-order valence-electron chi connectivity index (χ0n) is 22.5. The van der Waals surface area contributed by atoms with E-state index >= 15 is 0 Å². The molecule has 7 rings (SSSR count). The van der Waals surface area contributed by atoms with Crippen LogP contribution in [0.15, 0.2) is 132 Å². The molecule has 0 amide bonds. The molecule has 0 bridgehead atoms. The van der Waals surface area contributed by atoms with E-state index in [1.807, 2.05) is 59.6 Å². The molecule has 5 aromatic rings. The lowest BCUT2D eigenvalue weighted by Gasteiger charge is -2.37. The number of hydrogen-bond acceptors (Lipinski definition) is 5. The predicted molar refractivity (Wildman–Crippen MR) is 178 cm³/mol. The fourth-order valence-corrected chi connectivity index (χ4v) is 9.53. The maximum Gasteiger partial charge on any atom is 0.219 e. The van der Waals surface area contributed by atoms with Crippen LogP contribution in [0.1, 0.15) is 38.2 Å². The molecule has 1 spiro atoms. The van der Waals surface area contributed by atoms with Crippen LogP contribution in [0.2, 0.25) is 10.0 Å². The molecule has 0 saturated carbocycles. The summed E-state index contributed by atoms with van der Waals surface area (Å²) in [4.78, 5) is 13.9. The zero-order chi connectivity index (χ0) is 28.9. The summed E-state index contributed by atoms with van der Waals surface area (Å²) in [6.07, 6.45) is 0. The number of hydrogen-bond donors (Lipinski definition) is 0. The van der Waals surface area contributed by atoms with Gasteiger partial charge in [-0.05, 0) is 60.0 Å². The second-order valence-corrected chi connectivity index (χ2v) is 14.0. The van der Waals surface area contributed by atoms with E-state index in [0.717, 1.165) is 33.5 Å². The highest BCUT2D eigenvalue weighted by Crippen LogP contribution is 2.71. The van der Waals surface area contributed by atoms with Gasteiger partial charge >= 0.3 is 0 Å². The van der Waals surface area contributed by atoms with Gasteiger partial charge in [-0.25, -0.2) is 5.01 Å². The van der Waals surface area contributed by atoms with Crippen molar-refractivity contribution in [3.05, 3.63) is 171 Å². The summed E-state index contributed by atoms with van der Waals surface area (Å²) >= 11 is 16.1. The second kappa shape index (κ2) is 10.7. The minimum absolute atomic E-state index is 0.0943. The van der Waals surface area contributed by atoms with Crippen molar-refractivity contribution in [1.29, 1.82) is 0 Å². The first-order valence-corrected chi connectivity index (χ1v) is 15.9. The molecule has 0 N–H and O–H groups in total. The number of thioether (sulfide) groups is 2. The average Bonchev–Trinajstić information content (AvgIpc) is 3.55. The molecule has 206 valence electrons. The highest BCUT2D eigenvalue weighted by molar-refractivity contribution is 8.27. The first-order valence-electron chi connectivity index (χ1n) is 13.5. The lowest BCUT2D eigenvalue weighted by molar-refractivity contribution is 0.106. The number of rotatable bonds is 5. The second-order valence-electron chi connectivity index (χ2n) is 10.3. The Balaban J connectivity index is 1.48. The van der Waals surface area contributed by atoms with Crippen molar-refractivity contribution in [2.45, 2.75) is 15.9 Å². The molecular weight excluding hydrogens is 599 g/mol. The van der Waals surface area contributed by atoms with Crippen LogP contribution in [0.3, 0.4) is 0 Å². The van der Waals surface area contributed by atoms with Crippen LogP contribution in [0.25, 0.3) is 0 Å². The number of halogens is 2. The molecule has 2 aliphatic rings. The predicted octanol–water partition coefficient (Wildman–Crippen LogP) is 9.90. The normalized spacial score (nSPS) is 18.6. The summed E-state index contributed by atoms with van der Waals surface area (Å²) < 4.78 is -1.41. The van der Waals surface area contributed by atoms with E-state index in [9.17, 15) is 4.79 Å². The molecule has 42 heavy (non-hydrogen) atoms. The molecule has 0 aliphatic carbocycles. The van der Waals surface area contributed by atoms with Crippen LogP contribution >= 0.6 is 46.7 Å². The monoisotopic (exact) mass is 622 g/mol. The van der Waals surface area contributed by atoms with Gasteiger partial charge in [-0.2, -0.15) is 5.10 Å². The molecule has 0 radical (unpaired) electrons. The van der Waals surface area contributed by atoms with Gasteiger partial charge in [0.15, 0.2) is 9.25 Å². The Kier molecular flexibility index (Phi) is 6.94. The molecule has 0 unspecified atom stereocenters. The van der Waals surface area contributed by atoms with Gasteiger partial charge in [-0.15, -0.1) is 0 Å². The maximum atomic E-state index is 13.9. The molecule has 0 saturated heterocycles. The number of Topliss-reactive ketones (excluding diaryl/α,β-unsaturated/α-hetero) is 1. The molecule has 2 heterocycles. The fourth-order valence-electron chi connectivity index (χ4n) is 5.65. The smallest absolute Gasteiger partial charge is 0.219 e. The van der Waals surface area contributed by atoms with Crippen molar-refractivity contribution >= 4 is 63.2 Å². The van der Waals surface area contributed by atoms with Crippen molar-refractivity contribution in [3.8, 4) is 0 Å². The van der Waals surface area contributed by atoms with Gasteiger partial charge in [0.05, 0.1) is 10.4 Å². The van der Waals surface area contributed by atoms with Gasteiger partial charge in [0, 0.05) is 21.2 Å². The molecule has 5 aromatic carbocycles. The summed E-state index contributed by atoms with van der Waals surface area (Å²) in [5, 5.41) is 8.91. The summed E-state index contributed by atoms with van der Waals surface area (Å²) in [7, 11) is 0. The topological polar surface area (TPSA) is 32.7 Å².